The molecule has 7 heteroatoms. The molecule has 1 amide bonds. The second-order valence-electron chi connectivity index (χ2n) is 6.37. The predicted octanol–water partition coefficient (Wildman–Crippen LogP) is 3.02. The maximum atomic E-state index is 11.8. The Balaban J connectivity index is 0.00000364. The quantitative estimate of drug-likeness (QED) is 0.352. The van der Waals surface area contributed by atoms with Crippen LogP contribution in [0.2, 0.25) is 0 Å². The van der Waals surface area contributed by atoms with Crippen LogP contribution < -0.4 is 10.6 Å². The van der Waals surface area contributed by atoms with Crippen molar-refractivity contribution >= 4 is 35.8 Å². The number of halogens is 1. The van der Waals surface area contributed by atoms with Crippen LogP contribution in [-0.2, 0) is 11.3 Å². The molecule has 1 aliphatic heterocycles. The van der Waals surface area contributed by atoms with Crippen molar-refractivity contribution in [3.63, 3.8) is 0 Å². The molecule has 1 aromatic rings. The summed E-state index contributed by atoms with van der Waals surface area (Å²) in [6.45, 7) is 10.9. The number of aliphatic imine (C=N–C) groups is 1. The van der Waals surface area contributed by atoms with E-state index in [0.717, 1.165) is 50.6 Å². The monoisotopic (exact) mass is 488 g/mol. The molecule has 1 aromatic carbocycles. The first kappa shape index (κ1) is 23.7. The molecule has 1 fully saturated rings. The highest BCUT2D eigenvalue weighted by atomic mass is 127. The van der Waals surface area contributed by atoms with Gasteiger partial charge in [-0.1, -0.05) is 12.1 Å². The van der Waals surface area contributed by atoms with Crippen LogP contribution in [0.1, 0.15) is 49.5 Å². The number of rotatable bonds is 7. The Labute approximate surface area is 180 Å². The average molecular weight is 488 g/mol. The molecule has 1 heterocycles. The summed E-state index contributed by atoms with van der Waals surface area (Å²) in [6.07, 6.45) is 2.46. The van der Waals surface area contributed by atoms with Gasteiger partial charge in [0.15, 0.2) is 5.96 Å². The lowest BCUT2D eigenvalue weighted by atomic mass is 10.1. The topological polar surface area (TPSA) is 66.0 Å². The largest absolute Gasteiger partial charge is 0.378 e. The molecule has 2 rings (SSSR count). The molecule has 6 nitrogen and oxygen atoms in total. The fourth-order valence-corrected chi connectivity index (χ4v) is 3.09. The predicted molar refractivity (Wildman–Crippen MR) is 121 cm³/mol. The van der Waals surface area contributed by atoms with Crippen LogP contribution in [0.3, 0.4) is 0 Å². The first-order valence-corrected chi connectivity index (χ1v) is 9.69. The van der Waals surface area contributed by atoms with Crippen LogP contribution >= 0.6 is 24.0 Å². The summed E-state index contributed by atoms with van der Waals surface area (Å²) >= 11 is 0. The average Bonchev–Trinajstić information content (AvgIpc) is 2.67. The van der Waals surface area contributed by atoms with E-state index >= 15 is 0 Å². The van der Waals surface area contributed by atoms with Gasteiger partial charge < -0.3 is 20.3 Å². The number of hydrogen-bond acceptors (Lipinski definition) is 3. The molecule has 0 saturated carbocycles. The number of nitrogens with zero attached hydrogens (tertiary/aromatic N) is 2. The molecule has 0 unspecified atom stereocenters. The summed E-state index contributed by atoms with van der Waals surface area (Å²) in [5.74, 6) is 0.920. The van der Waals surface area contributed by atoms with Crippen LogP contribution in [0, 0.1) is 0 Å². The van der Waals surface area contributed by atoms with Crippen molar-refractivity contribution < 1.29 is 9.53 Å². The molecule has 152 valence electrons. The summed E-state index contributed by atoms with van der Waals surface area (Å²) in [6, 6.07) is 7.66. The van der Waals surface area contributed by atoms with Gasteiger partial charge in [-0.15, -0.1) is 24.0 Å². The molecule has 0 bridgehead atoms. The Hall–Kier alpha value is -1.35. The number of guanidine groups is 1. The summed E-state index contributed by atoms with van der Waals surface area (Å²) < 4.78 is 5.73. The van der Waals surface area contributed by atoms with Crippen LogP contribution in [0.5, 0.6) is 0 Å². The number of nitrogens with one attached hydrogen (secondary N) is 2. The molecule has 0 radical (unpaired) electrons. The molecule has 2 N–H and O–H groups in total. The van der Waals surface area contributed by atoms with Crippen molar-refractivity contribution in [2.45, 2.75) is 46.3 Å². The third-order valence-electron chi connectivity index (χ3n) is 4.44. The Morgan fingerprint density at radius 1 is 1.11 bits per heavy atom. The van der Waals surface area contributed by atoms with E-state index in [1.165, 1.54) is 0 Å². The van der Waals surface area contributed by atoms with E-state index in [9.17, 15) is 4.79 Å². The maximum Gasteiger partial charge on any atom is 0.251 e. The number of benzene rings is 1. The van der Waals surface area contributed by atoms with Crippen molar-refractivity contribution in [2.24, 2.45) is 4.99 Å². The molecule has 0 atom stereocenters. The zero-order valence-corrected chi connectivity index (χ0v) is 19.0. The van der Waals surface area contributed by atoms with E-state index in [1.807, 2.05) is 31.2 Å². The molecule has 1 aliphatic rings. The fourth-order valence-electron chi connectivity index (χ4n) is 3.09. The molecular weight excluding hydrogens is 455 g/mol. The summed E-state index contributed by atoms with van der Waals surface area (Å²) in [5.41, 5.74) is 1.78. The zero-order chi connectivity index (χ0) is 18.8. The minimum absolute atomic E-state index is 0. The SMILES string of the molecule is CCNC(=O)c1ccc(CN=C(NCC)N2CCC(OCC)CC2)cc1.I. The van der Waals surface area contributed by atoms with E-state index < -0.39 is 0 Å². The highest BCUT2D eigenvalue weighted by Gasteiger charge is 2.21. The number of hydrogen-bond donors (Lipinski definition) is 2. The van der Waals surface area contributed by atoms with Crippen molar-refractivity contribution in [3.8, 4) is 0 Å². The Morgan fingerprint density at radius 3 is 2.30 bits per heavy atom. The number of piperidine rings is 1. The first-order valence-electron chi connectivity index (χ1n) is 9.69. The molecule has 0 spiro atoms. The van der Waals surface area contributed by atoms with E-state index in [0.29, 0.717) is 24.8 Å². The van der Waals surface area contributed by atoms with Gasteiger partial charge in [-0.2, -0.15) is 0 Å². The van der Waals surface area contributed by atoms with E-state index in [4.69, 9.17) is 9.73 Å². The van der Waals surface area contributed by atoms with Crippen LogP contribution in [0.4, 0.5) is 0 Å². The molecular formula is C20H33IN4O2. The zero-order valence-electron chi connectivity index (χ0n) is 16.7. The second-order valence-corrected chi connectivity index (χ2v) is 6.37. The molecule has 0 aliphatic carbocycles. The van der Waals surface area contributed by atoms with Gasteiger partial charge in [0, 0.05) is 38.3 Å². The van der Waals surface area contributed by atoms with Crippen molar-refractivity contribution in [2.75, 3.05) is 32.8 Å². The number of ether oxygens (including phenoxy) is 1. The van der Waals surface area contributed by atoms with E-state index in [2.05, 4.69) is 29.4 Å². The minimum atomic E-state index is -0.0342. The standard InChI is InChI=1S/C20H32N4O2.HI/c1-4-21-19(25)17-9-7-16(8-10-17)15-23-20(22-5-2)24-13-11-18(12-14-24)26-6-3;/h7-10,18H,4-6,11-15H2,1-3H3,(H,21,25)(H,22,23);1H. The van der Waals surface area contributed by atoms with Gasteiger partial charge in [0.1, 0.15) is 0 Å². The van der Waals surface area contributed by atoms with Crippen molar-refractivity contribution in [1.29, 1.82) is 0 Å². The molecule has 0 aromatic heterocycles. The molecule has 27 heavy (non-hydrogen) atoms. The van der Waals surface area contributed by atoms with Gasteiger partial charge >= 0.3 is 0 Å². The summed E-state index contributed by atoms with van der Waals surface area (Å²) in [4.78, 5) is 18.9. The van der Waals surface area contributed by atoms with Crippen LogP contribution in [0.15, 0.2) is 29.3 Å². The van der Waals surface area contributed by atoms with E-state index in [-0.39, 0.29) is 29.9 Å². The van der Waals surface area contributed by atoms with Crippen molar-refractivity contribution in [1.82, 2.24) is 15.5 Å². The highest BCUT2D eigenvalue weighted by Crippen LogP contribution is 2.14. The summed E-state index contributed by atoms with van der Waals surface area (Å²) in [7, 11) is 0. The van der Waals surface area contributed by atoms with Gasteiger partial charge in [0.2, 0.25) is 0 Å². The van der Waals surface area contributed by atoms with Gasteiger partial charge in [-0.3, -0.25) is 4.79 Å². The second kappa shape index (κ2) is 12.9. The fraction of sp³-hybridized carbons (Fsp3) is 0.600. The van der Waals surface area contributed by atoms with Gasteiger partial charge in [-0.25, -0.2) is 4.99 Å². The molecule has 1 saturated heterocycles. The Bertz CT molecular complexity index is 584. The van der Waals surface area contributed by atoms with Crippen LogP contribution in [-0.4, -0.2) is 55.7 Å². The Kier molecular flexibility index (Phi) is 11.3. The third kappa shape index (κ3) is 7.65. The lowest BCUT2D eigenvalue weighted by molar-refractivity contribution is 0.0263. The summed E-state index contributed by atoms with van der Waals surface area (Å²) in [5, 5.41) is 6.20. The van der Waals surface area contributed by atoms with Crippen LogP contribution in [0.25, 0.3) is 0 Å². The number of carbonyl (C=O) groups is 1. The number of likely N-dealkylation sites (tertiary alicyclic amines) is 1. The van der Waals surface area contributed by atoms with Gasteiger partial charge in [-0.05, 0) is 51.3 Å². The minimum Gasteiger partial charge on any atom is -0.378 e. The van der Waals surface area contributed by atoms with Gasteiger partial charge in [0.05, 0.1) is 12.6 Å². The normalized spacial score (nSPS) is 15.2. The highest BCUT2D eigenvalue weighted by molar-refractivity contribution is 14.0. The number of amides is 1. The third-order valence-corrected chi connectivity index (χ3v) is 4.44. The van der Waals surface area contributed by atoms with E-state index in [1.54, 1.807) is 0 Å². The maximum absolute atomic E-state index is 11.8. The van der Waals surface area contributed by atoms with Gasteiger partial charge in [0.25, 0.3) is 5.91 Å². The number of carbonyl (C=O) groups excluding carboxylic acids is 1. The lowest BCUT2D eigenvalue weighted by Gasteiger charge is -2.34. The van der Waals surface area contributed by atoms with Crippen molar-refractivity contribution in [3.05, 3.63) is 35.4 Å². The smallest absolute Gasteiger partial charge is 0.251 e. The Morgan fingerprint density at radius 2 is 1.74 bits per heavy atom. The lowest BCUT2D eigenvalue weighted by Crippen LogP contribution is -2.47. The first-order chi connectivity index (χ1) is 12.7.